The molecule has 5 rings (SSSR count). The van der Waals surface area contributed by atoms with E-state index in [1.807, 2.05) is 43.3 Å². The molecule has 0 spiro atoms. The molecule has 1 saturated heterocycles. The van der Waals surface area contributed by atoms with Crippen LogP contribution in [0.1, 0.15) is 62.6 Å². The van der Waals surface area contributed by atoms with Gasteiger partial charge in [-0.2, -0.15) is 0 Å². The number of fused-ring (bicyclic) bond motifs is 1. The van der Waals surface area contributed by atoms with E-state index in [0.717, 1.165) is 71.0 Å². The third-order valence-electron chi connectivity index (χ3n) is 7.52. The number of hydrogen-bond acceptors (Lipinski definition) is 7. The van der Waals surface area contributed by atoms with Crippen LogP contribution in [0.5, 0.6) is 23.0 Å². The molecule has 3 aromatic carbocycles. The minimum absolute atomic E-state index is 0.171. The van der Waals surface area contributed by atoms with Gasteiger partial charge in [-0.3, -0.25) is 9.69 Å². The van der Waals surface area contributed by atoms with Gasteiger partial charge in [0, 0.05) is 13.0 Å². The molecule has 1 unspecified atom stereocenters. The number of benzene rings is 3. The van der Waals surface area contributed by atoms with Crippen LogP contribution in [-0.2, 0) is 9.53 Å². The average molecular weight is 558 g/mol. The summed E-state index contributed by atoms with van der Waals surface area (Å²) in [5.41, 5.74) is 5.30. The quantitative estimate of drug-likeness (QED) is 0.197. The maximum absolute atomic E-state index is 12.3. The number of rotatable bonds is 12. The predicted octanol–water partition coefficient (Wildman–Crippen LogP) is 6.68. The molecule has 216 valence electrons. The number of allylic oxidation sites excluding steroid dienone is 1. The second-order valence-electron chi connectivity index (χ2n) is 10.5. The Bertz CT molecular complexity index is 1340. The van der Waals surface area contributed by atoms with E-state index in [-0.39, 0.29) is 24.6 Å². The van der Waals surface area contributed by atoms with Crippen molar-refractivity contribution in [1.29, 1.82) is 0 Å². The number of aromatic hydroxyl groups is 1. The molecule has 0 aliphatic carbocycles. The van der Waals surface area contributed by atoms with Crippen LogP contribution in [0.4, 0.5) is 0 Å². The number of phenolic OH excluding ortho intramolecular Hbond substituents is 1. The second kappa shape index (κ2) is 13.6. The van der Waals surface area contributed by atoms with Gasteiger partial charge in [0.2, 0.25) is 6.79 Å². The highest BCUT2D eigenvalue weighted by Gasteiger charge is 2.22. The van der Waals surface area contributed by atoms with E-state index in [0.29, 0.717) is 19.6 Å². The molecule has 1 atom stereocenters. The number of phenols is 1. The zero-order valence-electron chi connectivity index (χ0n) is 23.9. The van der Waals surface area contributed by atoms with Crippen LogP contribution in [-0.4, -0.2) is 55.1 Å². The average Bonchev–Trinajstić information content (AvgIpc) is 3.68. The summed E-state index contributed by atoms with van der Waals surface area (Å²) in [5.74, 6) is 2.26. The van der Waals surface area contributed by atoms with Crippen LogP contribution in [0.25, 0.3) is 11.1 Å². The van der Waals surface area contributed by atoms with Gasteiger partial charge in [-0.1, -0.05) is 44.2 Å². The first-order valence-electron chi connectivity index (χ1n) is 14.6. The topological polar surface area (TPSA) is 77.5 Å². The summed E-state index contributed by atoms with van der Waals surface area (Å²) >= 11 is 0. The van der Waals surface area contributed by atoms with Gasteiger partial charge in [0.15, 0.2) is 11.5 Å². The first-order valence-corrected chi connectivity index (χ1v) is 14.6. The summed E-state index contributed by atoms with van der Waals surface area (Å²) in [6.45, 7) is 7.41. The summed E-state index contributed by atoms with van der Waals surface area (Å²) in [6, 6.07) is 21.4. The van der Waals surface area contributed by atoms with Crippen molar-refractivity contribution in [2.75, 3.05) is 33.0 Å². The van der Waals surface area contributed by atoms with Crippen LogP contribution in [0, 0.1) is 0 Å². The van der Waals surface area contributed by atoms with Crippen LogP contribution in [0.3, 0.4) is 0 Å². The molecule has 41 heavy (non-hydrogen) atoms. The fraction of sp³-hybridized carbons (Fsp3) is 0.382. The Morgan fingerprint density at radius 2 is 1.56 bits per heavy atom. The smallest absolute Gasteiger partial charge is 0.306 e. The molecule has 7 nitrogen and oxygen atoms in total. The standard InChI is InChI=1S/C34H39NO6/c1-3-7-33(37)41-29(21-35-18-5-6-19-35)22-38-28-15-10-25(11-16-28)34(24-8-13-27(36)14-9-24)30(4-2)26-12-17-31-32(20-26)40-23-39-31/h8-17,20,29,36H,3-7,18-19,21-23H2,1-2H3. The third kappa shape index (κ3) is 7.22. The van der Waals surface area contributed by atoms with Gasteiger partial charge in [0.1, 0.15) is 24.2 Å². The van der Waals surface area contributed by atoms with Gasteiger partial charge >= 0.3 is 5.97 Å². The van der Waals surface area contributed by atoms with Gasteiger partial charge in [0.25, 0.3) is 0 Å². The molecule has 0 saturated carbocycles. The lowest BCUT2D eigenvalue weighted by molar-refractivity contribution is -0.151. The molecule has 1 fully saturated rings. The molecule has 0 aromatic heterocycles. The van der Waals surface area contributed by atoms with E-state index < -0.39 is 0 Å². The fourth-order valence-electron chi connectivity index (χ4n) is 5.49. The van der Waals surface area contributed by atoms with E-state index in [4.69, 9.17) is 18.9 Å². The normalized spacial score (nSPS) is 15.9. The molecule has 2 aliphatic rings. The lowest BCUT2D eigenvalue weighted by Gasteiger charge is -2.24. The van der Waals surface area contributed by atoms with Crippen molar-refractivity contribution >= 4 is 17.1 Å². The van der Waals surface area contributed by atoms with E-state index in [9.17, 15) is 9.90 Å². The van der Waals surface area contributed by atoms with Gasteiger partial charge in [-0.25, -0.2) is 0 Å². The number of esters is 1. The number of carbonyl (C=O) groups excluding carboxylic acids is 1. The Balaban J connectivity index is 1.39. The van der Waals surface area contributed by atoms with Gasteiger partial charge in [-0.15, -0.1) is 0 Å². The van der Waals surface area contributed by atoms with Crippen molar-refractivity contribution in [1.82, 2.24) is 4.90 Å². The molecule has 0 radical (unpaired) electrons. The Hall–Kier alpha value is -3.97. The van der Waals surface area contributed by atoms with Crippen LogP contribution < -0.4 is 14.2 Å². The lowest BCUT2D eigenvalue weighted by atomic mass is 9.88. The van der Waals surface area contributed by atoms with Crippen molar-refractivity contribution in [2.24, 2.45) is 0 Å². The highest BCUT2D eigenvalue weighted by molar-refractivity contribution is 5.99. The van der Waals surface area contributed by atoms with Crippen molar-refractivity contribution in [2.45, 2.75) is 52.1 Å². The predicted molar refractivity (Wildman–Crippen MR) is 159 cm³/mol. The summed E-state index contributed by atoms with van der Waals surface area (Å²) in [6.07, 6.45) is 4.02. The minimum atomic E-state index is -0.308. The number of nitrogens with zero attached hydrogens (tertiary/aromatic N) is 1. The fourth-order valence-corrected chi connectivity index (χ4v) is 5.49. The third-order valence-corrected chi connectivity index (χ3v) is 7.52. The SMILES string of the molecule is CCCC(=O)OC(COc1ccc(C(=C(CC)c2ccc3c(c2)OCO3)c2ccc(O)cc2)cc1)CN1CCCC1. The molecule has 7 heteroatoms. The zero-order chi connectivity index (χ0) is 28.6. The molecular weight excluding hydrogens is 518 g/mol. The van der Waals surface area contributed by atoms with E-state index in [2.05, 4.69) is 30.0 Å². The molecule has 1 N–H and O–H groups in total. The monoisotopic (exact) mass is 557 g/mol. The summed E-state index contributed by atoms with van der Waals surface area (Å²) in [7, 11) is 0. The summed E-state index contributed by atoms with van der Waals surface area (Å²) in [4.78, 5) is 14.6. The molecule has 3 aromatic rings. The molecule has 0 bridgehead atoms. The number of ether oxygens (including phenoxy) is 4. The summed E-state index contributed by atoms with van der Waals surface area (Å²) < 4.78 is 23.1. The first kappa shape index (κ1) is 28.6. The maximum atomic E-state index is 12.3. The van der Waals surface area contributed by atoms with Crippen molar-refractivity contribution in [3.63, 3.8) is 0 Å². The van der Waals surface area contributed by atoms with E-state index in [1.54, 1.807) is 12.1 Å². The van der Waals surface area contributed by atoms with Crippen molar-refractivity contribution in [3.05, 3.63) is 83.4 Å². The van der Waals surface area contributed by atoms with Crippen LogP contribution >= 0.6 is 0 Å². The van der Waals surface area contributed by atoms with Gasteiger partial charge in [0.05, 0.1) is 0 Å². The molecular formula is C34H39NO6. The molecule has 0 amide bonds. The van der Waals surface area contributed by atoms with Crippen LogP contribution in [0.15, 0.2) is 66.7 Å². The minimum Gasteiger partial charge on any atom is -0.508 e. The number of likely N-dealkylation sites (tertiary alicyclic amines) is 1. The summed E-state index contributed by atoms with van der Waals surface area (Å²) in [5, 5.41) is 9.94. The van der Waals surface area contributed by atoms with Crippen LogP contribution in [0.2, 0.25) is 0 Å². The molecule has 2 heterocycles. The van der Waals surface area contributed by atoms with E-state index in [1.165, 1.54) is 12.8 Å². The van der Waals surface area contributed by atoms with E-state index >= 15 is 0 Å². The zero-order valence-corrected chi connectivity index (χ0v) is 23.9. The maximum Gasteiger partial charge on any atom is 0.306 e. The lowest BCUT2D eigenvalue weighted by Crippen LogP contribution is -2.37. The van der Waals surface area contributed by atoms with Gasteiger partial charge in [-0.05, 0) is 103 Å². The number of hydrogen-bond donors (Lipinski definition) is 1. The Morgan fingerprint density at radius 1 is 0.902 bits per heavy atom. The molecule has 2 aliphatic heterocycles. The second-order valence-corrected chi connectivity index (χ2v) is 10.5. The van der Waals surface area contributed by atoms with Gasteiger partial charge < -0.3 is 24.1 Å². The van der Waals surface area contributed by atoms with Crippen molar-refractivity contribution < 1.29 is 28.8 Å². The Labute approximate surface area is 242 Å². The Kier molecular flexibility index (Phi) is 9.47. The highest BCUT2D eigenvalue weighted by Crippen LogP contribution is 2.40. The van der Waals surface area contributed by atoms with Crippen molar-refractivity contribution in [3.8, 4) is 23.0 Å². The number of carbonyl (C=O) groups is 1. The first-order chi connectivity index (χ1) is 20.0. The highest BCUT2D eigenvalue weighted by atomic mass is 16.7. The Morgan fingerprint density at radius 3 is 2.24 bits per heavy atom. The largest absolute Gasteiger partial charge is 0.508 e.